The highest BCUT2D eigenvalue weighted by atomic mass is 16.5. The van der Waals surface area contributed by atoms with Crippen LogP contribution in [0.25, 0.3) is 0 Å². The van der Waals surface area contributed by atoms with E-state index in [2.05, 4.69) is 57.2 Å². The van der Waals surface area contributed by atoms with E-state index < -0.39 is 0 Å². The highest BCUT2D eigenvalue weighted by Gasteiger charge is 2.11. The Balaban J connectivity index is 1.88. The number of hydrogen-bond donors (Lipinski definition) is 1. The molecule has 0 bridgehead atoms. The topological polar surface area (TPSA) is 35.2 Å². The van der Waals surface area contributed by atoms with Gasteiger partial charge in [-0.25, -0.2) is 0 Å². The lowest BCUT2D eigenvalue weighted by Gasteiger charge is -2.18. The molecule has 0 radical (unpaired) electrons. The quantitative estimate of drug-likeness (QED) is 0.790. The Morgan fingerprint density at radius 3 is 2.09 bits per heavy atom. The van der Waals surface area contributed by atoms with Gasteiger partial charge in [-0.3, -0.25) is 0 Å². The van der Waals surface area contributed by atoms with Crippen molar-refractivity contribution >= 4 is 0 Å². The SMILES string of the molecule is CC(C)(C)CCc1ccc(CO[C@@H](CN)c2ccccc2)cc1. The Morgan fingerprint density at radius 1 is 0.913 bits per heavy atom. The van der Waals surface area contributed by atoms with Crippen LogP contribution in [0, 0.1) is 5.41 Å². The van der Waals surface area contributed by atoms with Gasteiger partial charge in [0.25, 0.3) is 0 Å². The van der Waals surface area contributed by atoms with Crippen LogP contribution >= 0.6 is 0 Å². The Hall–Kier alpha value is -1.64. The summed E-state index contributed by atoms with van der Waals surface area (Å²) < 4.78 is 5.99. The fourth-order valence-electron chi connectivity index (χ4n) is 2.49. The standard InChI is InChI=1S/C21H29NO/c1-21(2,3)14-13-17-9-11-18(12-10-17)16-23-20(15-22)19-7-5-4-6-8-19/h4-12,20H,13-16,22H2,1-3H3/t20-/m0/s1. The van der Waals surface area contributed by atoms with E-state index in [0.29, 0.717) is 18.6 Å². The van der Waals surface area contributed by atoms with Crippen LogP contribution in [0.3, 0.4) is 0 Å². The second-order valence-corrected chi connectivity index (χ2v) is 7.32. The van der Waals surface area contributed by atoms with Gasteiger partial charge in [-0.15, -0.1) is 0 Å². The van der Waals surface area contributed by atoms with Crippen LogP contribution in [0.5, 0.6) is 0 Å². The monoisotopic (exact) mass is 311 g/mol. The number of aryl methyl sites for hydroxylation is 1. The minimum atomic E-state index is -0.0447. The molecule has 0 aliphatic heterocycles. The fraction of sp³-hybridized carbons (Fsp3) is 0.429. The molecule has 2 aromatic carbocycles. The van der Waals surface area contributed by atoms with Crippen molar-refractivity contribution in [1.82, 2.24) is 0 Å². The minimum absolute atomic E-state index is 0.0447. The average molecular weight is 311 g/mol. The summed E-state index contributed by atoms with van der Waals surface area (Å²) in [6.45, 7) is 7.94. The molecule has 0 heterocycles. The van der Waals surface area contributed by atoms with Crippen molar-refractivity contribution in [1.29, 1.82) is 0 Å². The summed E-state index contributed by atoms with van der Waals surface area (Å²) in [5, 5.41) is 0. The number of hydrogen-bond acceptors (Lipinski definition) is 2. The van der Waals surface area contributed by atoms with E-state index in [1.165, 1.54) is 17.5 Å². The molecule has 23 heavy (non-hydrogen) atoms. The van der Waals surface area contributed by atoms with Gasteiger partial charge >= 0.3 is 0 Å². The van der Waals surface area contributed by atoms with Gasteiger partial charge < -0.3 is 10.5 Å². The summed E-state index contributed by atoms with van der Waals surface area (Å²) >= 11 is 0. The molecule has 0 saturated carbocycles. The van der Waals surface area contributed by atoms with E-state index in [1.807, 2.05) is 18.2 Å². The Bertz CT molecular complexity index is 569. The minimum Gasteiger partial charge on any atom is -0.368 e. The zero-order valence-electron chi connectivity index (χ0n) is 14.6. The molecule has 0 spiro atoms. The summed E-state index contributed by atoms with van der Waals surface area (Å²) in [4.78, 5) is 0. The van der Waals surface area contributed by atoms with Gasteiger partial charge in [-0.2, -0.15) is 0 Å². The first-order chi connectivity index (χ1) is 11.0. The summed E-state index contributed by atoms with van der Waals surface area (Å²) in [5.74, 6) is 0. The molecule has 2 heteroatoms. The molecular formula is C21H29NO. The van der Waals surface area contributed by atoms with Crippen molar-refractivity contribution in [3.63, 3.8) is 0 Å². The molecule has 0 fully saturated rings. The molecule has 0 aliphatic rings. The van der Waals surface area contributed by atoms with E-state index in [0.717, 1.165) is 12.0 Å². The van der Waals surface area contributed by atoms with Crippen LogP contribution in [-0.4, -0.2) is 6.54 Å². The van der Waals surface area contributed by atoms with Crippen molar-refractivity contribution < 1.29 is 4.74 Å². The van der Waals surface area contributed by atoms with Crippen LogP contribution in [0.15, 0.2) is 54.6 Å². The molecule has 0 saturated heterocycles. The van der Waals surface area contributed by atoms with E-state index in [-0.39, 0.29) is 6.10 Å². The van der Waals surface area contributed by atoms with Crippen LogP contribution in [0.1, 0.15) is 50.0 Å². The number of ether oxygens (including phenoxy) is 1. The van der Waals surface area contributed by atoms with Crippen molar-refractivity contribution in [3.8, 4) is 0 Å². The molecule has 2 rings (SSSR count). The van der Waals surface area contributed by atoms with Crippen LogP contribution < -0.4 is 5.73 Å². The molecule has 0 amide bonds. The normalized spacial score (nSPS) is 13.0. The summed E-state index contributed by atoms with van der Waals surface area (Å²) in [6, 6.07) is 18.9. The van der Waals surface area contributed by atoms with E-state index in [9.17, 15) is 0 Å². The van der Waals surface area contributed by atoms with Crippen LogP contribution in [0.4, 0.5) is 0 Å². The lowest BCUT2D eigenvalue weighted by atomic mass is 9.88. The van der Waals surface area contributed by atoms with Crippen LogP contribution in [-0.2, 0) is 17.8 Å². The highest BCUT2D eigenvalue weighted by Crippen LogP contribution is 2.22. The lowest BCUT2D eigenvalue weighted by molar-refractivity contribution is 0.0456. The van der Waals surface area contributed by atoms with Gasteiger partial charge in [0, 0.05) is 6.54 Å². The molecule has 2 N–H and O–H groups in total. The molecule has 0 unspecified atom stereocenters. The Labute approximate surface area is 140 Å². The van der Waals surface area contributed by atoms with Gasteiger partial charge in [-0.05, 0) is 34.9 Å². The number of benzene rings is 2. The van der Waals surface area contributed by atoms with Gasteiger partial charge in [0.2, 0.25) is 0 Å². The van der Waals surface area contributed by atoms with Gasteiger partial charge in [0.1, 0.15) is 0 Å². The third-order valence-corrected chi connectivity index (χ3v) is 4.02. The summed E-state index contributed by atoms with van der Waals surface area (Å²) in [7, 11) is 0. The van der Waals surface area contributed by atoms with Gasteiger partial charge in [0.15, 0.2) is 0 Å². The third-order valence-electron chi connectivity index (χ3n) is 4.02. The molecule has 2 nitrogen and oxygen atoms in total. The Kier molecular flexibility index (Phi) is 6.37. The zero-order chi connectivity index (χ0) is 16.7. The highest BCUT2D eigenvalue weighted by molar-refractivity contribution is 5.23. The third kappa shape index (κ3) is 6.17. The van der Waals surface area contributed by atoms with E-state index in [4.69, 9.17) is 10.5 Å². The van der Waals surface area contributed by atoms with E-state index >= 15 is 0 Å². The Morgan fingerprint density at radius 2 is 1.52 bits per heavy atom. The smallest absolute Gasteiger partial charge is 0.0951 e. The molecule has 124 valence electrons. The molecular weight excluding hydrogens is 282 g/mol. The molecule has 0 aromatic heterocycles. The first-order valence-electron chi connectivity index (χ1n) is 8.42. The first-order valence-corrected chi connectivity index (χ1v) is 8.42. The maximum atomic E-state index is 5.99. The van der Waals surface area contributed by atoms with Crippen molar-refractivity contribution in [2.75, 3.05) is 6.54 Å². The van der Waals surface area contributed by atoms with Gasteiger partial charge in [0.05, 0.1) is 12.7 Å². The number of nitrogens with two attached hydrogens (primary N) is 1. The van der Waals surface area contributed by atoms with E-state index in [1.54, 1.807) is 0 Å². The molecule has 0 aliphatic carbocycles. The lowest BCUT2D eigenvalue weighted by Crippen LogP contribution is -2.15. The average Bonchev–Trinajstić information content (AvgIpc) is 2.55. The maximum absolute atomic E-state index is 5.99. The summed E-state index contributed by atoms with van der Waals surface area (Å²) in [5.41, 5.74) is 9.95. The molecule has 2 aromatic rings. The molecule has 1 atom stereocenters. The fourth-order valence-corrected chi connectivity index (χ4v) is 2.49. The second kappa shape index (κ2) is 8.28. The number of rotatable bonds is 7. The second-order valence-electron chi connectivity index (χ2n) is 7.32. The van der Waals surface area contributed by atoms with Crippen molar-refractivity contribution in [3.05, 3.63) is 71.3 Å². The predicted molar refractivity (Wildman–Crippen MR) is 97.2 cm³/mol. The van der Waals surface area contributed by atoms with Crippen molar-refractivity contribution in [2.24, 2.45) is 11.1 Å². The first kappa shape index (κ1) is 17.7. The maximum Gasteiger partial charge on any atom is 0.0951 e. The zero-order valence-corrected chi connectivity index (χ0v) is 14.6. The van der Waals surface area contributed by atoms with Crippen molar-refractivity contribution in [2.45, 2.75) is 46.3 Å². The summed E-state index contributed by atoms with van der Waals surface area (Å²) in [6.07, 6.45) is 2.28. The predicted octanol–water partition coefficient (Wildman–Crippen LogP) is 4.88. The largest absolute Gasteiger partial charge is 0.368 e. The van der Waals surface area contributed by atoms with Crippen LogP contribution in [0.2, 0.25) is 0 Å². The van der Waals surface area contributed by atoms with Gasteiger partial charge in [-0.1, -0.05) is 75.4 Å².